The molecule has 2 aromatic carbocycles. The van der Waals surface area contributed by atoms with Gasteiger partial charge >= 0.3 is 5.97 Å². The van der Waals surface area contributed by atoms with Crippen LogP contribution >= 0.6 is 22.7 Å². The van der Waals surface area contributed by atoms with Crippen molar-refractivity contribution in [2.75, 3.05) is 19.0 Å². The number of carbonyl (C=O) groups excluding carboxylic acids is 2. The first-order chi connectivity index (χ1) is 19.2. The number of fused-ring (bicyclic) bond motifs is 1. The monoisotopic (exact) mass is 597 g/mol. The van der Waals surface area contributed by atoms with Crippen molar-refractivity contribution < 1.29 is 22.7 Å². The van der Waals surface area contributed by atoms with E-state index >= 15 is 0 Å². The Balaban J connectivity index is 1.43. The summed E-state index contributed by atoms with van der Waals surface area (Å²) in [6.45, 7) is 3.80. The number of carbonyl (C=O) groups is 2. The second-order valence-corrected chi connectivity index (χ2v) is 13.8. The summed E-state index contributed by atoms with van der Waals surface area (Å²) in [5.74, 6) is -0.867. The summed E-state index contributed by atoms with van der Waals surface area (Å²) in [7, 11) is -2.03. The maximum Gasteiger partial charge on any atom is 0.348 e. The van der Waals surface area contributed by atoms with Gasteiger partial charge in [0.05, 0.1) is 21.7 Å². The highest BCUT2D eigenvalue weighted by Gasteiger charge is 2.30. The molecule has 210 valence electrons. The predicted octanol–water partition coefficient (Wildman–Crippen LogP) is 6.72. The summed E-state index contributed by atoms with van der Waals surface area (Å²) in [6, 6.07) is 13.7. The fourth-order valence-electron chi connectivity index (χ4n) is 4.99. The first-order valence-corrected chi connectivity index (χ1v) is 16.3. The van der Waals surface area contributed by atoms with Gasteiger partial charge in [-0.25, -0.2) is 18.2 Å². The van der Waals surface area contributed by atoms with Gasteiger partial charge in [0, 0.05) is 24.2 Å². The number of hydrogen-bond acceptors (Lipinski definition) is 8. The van der Waals surface area contributed by atoms with Crippen molar-refractivity contribution in [2.24, 2.45) is 0 Å². The van der Waals surface area contributed by atoms with E-state index in [1.54, 1.807) is 14.0 Å². The number of thiophene rings is 1. The number of amides is 1. The number of nitrogens with one attached hydrogen (secondary N) is 1. The summed E-state index contributed by atoms with van der Waals surface area (Å²) >= 11 is 2.63. The molecule has 1 fully saturated rings. The van der Waals surface area contributed by atoms with E-state index in [0.29, 0.717) is 31.6 Å². The Hall–Kier alpha value is -3.12. The smallest absolute Gasteiger partial charge is 0.348 e. The van der Waals surface area contributed by atoms with Crippen molar-refractivity contribution in [3.05, 3.63) is 64.5 Å². The van der Waals surface area contributed by atoms with Crippen molar-refractivity contribution in [1.82, 2.24) is 9.29 Å². The molecule has 0 atom stereocenters. The molecule has 1 N–H and O–H groups in total. The molecule has 0 radical (unpaired) electrons. The molecule has 0 bridgehead atoms. The zero-order chi connectivity index (χ0) is 28.4. The normalized spacial score (nSPS) is 14.5. The zero-order valence-corrected chi connectivity index (χ0v) is 25.0. The maximum absolute atomic E-state index is 13.3. The molecule has 0 saturated heterocycles. The van der Waals surface area contributed by atoms with Gasteiger partial charge in [0.2, 0.25) is 10.0 Å². The Kier molecular flexibility index (Phi) is 8.37. The molecule has 1 amide bonds. The van der Waals surface area contributed by atoms with Crippen LogP contribution in [0.2, 0.25) is 0 Å². The largest absolute Gasteiger partial charge is 0.462 e. The molecule has 0 aliphatic heterocycles. The summed E-state index contributed by atoms with van der Waals surface area (Å²) in [5, 5.41) is 4.11. The van der Waals surface area contributed by atoms with E-state index in [0.717, 1.165) is 53.7 Å². The molecule has 8 nitrogen and oxygen atoms in total. The van der Waals surface area contributed by atoms with Gasteiger partial charge in [0.25, 0.3) is 5.91 Å². The topological polar surface area (TPSA) is 106 Å². The van der Waals surface area contributed by atoms with E-state index < -0.39 is 21.9 Å². The number of nitrogens with zero attached hydrogens (tertiary/aromatic N) is 2. The molecule has 1 aliphatic rings. The van der Waals surface area contributed by atoms with Crippen molar-refractivity contribution in [3.8, 4) is 10.6 Å². The van der Waals surface area contributed by atoms with Crippen LogP contribution < -0.4 is 5.32 Å². The Morgan fingerprint density at radius 3 is 2.42 bits per heavy atom. The highest BCUT2D eigenvalue weighted by Crippen LogP contribution is 2.44. The van der Waals surface area contributed by atoms with Crippen LogP contribution in [0.1, 0.15) is 64.6 Å². The van der Waals surface area contributed by atoms with Crippen LogP contribution in [-0.4, -0.2) is 49.3 Å². The molecule has 1 saturated carbocycles. The van der Waals surface area contributed by atoms with Crippen molar-refractivity contribution >= 4 is 59.8 Å². The third kappa shape index (κ3) is 5.56. The Morgan fingerprint density at radius 2 is 1.75 bits per heavy atom. The number of benzene rings is 2. The van der Waals surface area contributed by atoms with Crippen molar-refractivity contribution in [1.29, 1.82) is 0 Å². The number of anilines is 1. The number of thiazole rings is 1. The lowest BCUT2D eigenvalue weighted by atomic mass is 9.96. The van der Waals surface area contributed by atoms with Crippen LogP contribution in [0.5, 0.6) is 0 Å². The third-order valence-corrected chi connectivity index (χ3v) is 11.4. The van der Waals surface area contributed by atoms with Crippen LogP contribution in [0.3, 0.4) is 0 Å². The molecule has 11 heteroatoms. The van der Waals surface area contributed by atoms with Crippen molar-refractivity contribution in [2.45, 2.75) is 56.9 Å². The maximum atomic E-state index is 13.3. The Morgan fingerprint density at radius 1 is 1.05 bits per heavy atom. The average Bonchev–Trinajstić information content (AvgIpc) is 3.53. The molecule has 0 spiro atoms. The first-order valence-electron chi connectivity index (χ1n) is 13.3. The van der Waals surface area contributed by atoms with E-state index in [-0.39, 0.29) is 17.5 Å². The highest BCUT2D eigenvalue weighted by atomic mass is 32.2. The summed E-state index contributed by atoms with van der Waals surface area (Å²) in [6.07, 6.45) is 4.92. The van der Waals surface area contributed by atoms with Crippen molar-refractivity contribution in [3.63, 3.8) is 0 Å². The Bertz CT molecular complexity index is 1620. The van der Waals surface area contributed by atoms with E-state index in [1.165, 1.54) is 39.9 Å². The van der Waals surface area contributed by atoms with Gasteiger partial charge in [-0.3, -0.25) is 4.79 Å². The van der Waals surface area contributed by atoms with Crippen LogP contribution in [0.25, 0.3) is 20.8 Å². The van der Waals surface area contributed by atoms with Gasteiger partial charge in [0.15, 0.2) is 0 Å². The number of para-hydroxylation sites is 1. The molecule has 40 heavy (non-hydrogen) atoms. The van der Waals surface area contributed by atoms with Crippen LogP contribution in [0, 0.1) is 6.92 Å². The number of sulfonamides is 1. The minimum atomic E-state index is -3.67. The fraction of sp³-hybridized carbons (Fsp3) is 0.345. The van der Waals surface area contributed by atoms with Crippen LogP contribution in [0.4, 0.5) is 5.00 Å². The molecule has 5 rings (SSSR count). The van der Waals surface area contributed by atoms with E-state index in [9.17, 15) is 18.0 Å². The van der Waals surface area contributed by atoms with Gasteiger partial charge in [-0.15, -0.1) is 22.7 Å². The predicted molar refractivity (Wildman–Crippen MR) is 160 cm³/mol. The molecular weight excluding hydrogens is 567 g/mol. The average molecular weight is 598 g/mol. The zero-order valence-electron chi connectivity index (χ0n) is 22.6. The van der Waals surface area contributed by atoms with Gasteiger partial charge in [-0.05, 0) is 68.7 Å². The number of rotatable bonds is 8. The molecule has 4 aromatic rings. The second kappa shape index (κ2) is 11.8. The van der Waals surface area contributed by atoms with Crippen LogP contribution in [-0.2, 0) is 14.8 Å². The van der Waals surface area contributed by atoms with Gasteiger partial charge < -0.3 is 10.1 Å². The molecule has 2 heterocycles. The summed E-state index contributed by atoms with van der Waals surface area (Å²) < 4.78 is 34.1. The number of esters is 1. The van der Waals surface area contributed by atoms with Gasteiger partial charge in [-0.1, -0.05) is 31.4 Å². The molecular formula is C29H31N3O5S3. The van der Waals surface area contributed by atoms with Gasteiger partial charge in [0.1, 0.15) is 14.9 Å². The lowest BCUT2D eigenvalue weighted by molar-refractivity contribution is 0.0531. The number of aromatic nitrogens is 1. The van der Waals surface area contributed by atoms with E-state index in [4.69, 9.17) is 9.72 Å². The summed E-state index contributed by atoms with van der Waals surface area (Å²) in [4.78, 5) is 31.3. The third-order valence-electron chi connectivity index (χ3n) is 7.22. The van der Waals surface area contributed by atoms with Gasteiger partial charge in [-0.2, -0.15) is 4.31 Å². The number of ether oxygens (including phenoxy) is 1. The van der Waals surface area contributed by atoms with E-state index in [1.807, 2.05) is 31.2 Å². The highest BCUT2D eigenvalue weighted by molar-refractivity contribution is 7.89. The van der Waals surface area contributed by atoms with E-state index in [2.05, 4.69) is 5.32 Å². The first kappa shape index (κ1) is 28.4. The quantitative estimate of drug-likeness (QED) is 0.226. The second-order valence-electron chi connectivity index (χ2n) is 9.76. The van der Waals surface area contributed by atoms with Crippen LogP contribution in [0.15, 0.2) is 53.4 Å². The molecule has 0 unspecified atom stereocenters. The SMILES string of the molecule is CCOC(=O)c1sc(NC(=O)c2ccc(S(=O)(=O)N(C)C3CCCCC3)cc2)c(-c2nc3ccccc3s2)c1C. The lowest BCUT2D eigenvalue weighted by Crippen LogP contribution is -2.38. The minimum absolute atomic E-state index is 0.00156. The molecule has 2 aromatic heterocycles. The molecule has 1 aliphatic carbocycles. The minimum Gasteiger partial charge on any atom is -0.462 e. The summed E-state index contributed by atoms with van der Waals surface area (Å²) in [5.41, 5.74) is 2.50. The lowest BCUT2D eigenvalue weighted by Gasteiger charge is -2.30. The number of hydrogen-bond donors (Lipinski definition) is 1. The fourth-order valence-corrected chi connectivity index (χ4v) is 8.64. The standard InChI is InChI=1S/C29H31N3O5S3/c1-4-37-29(34)25-18(2)24(27-30-22-12-8-9-13-23(22)38-27)28(39-25)31-26(33)19-14-16-21(17-15-19)40(35,36)32(3)20-10-6-5-7-11-20/h8-9,12-17,20H,4-7,10-11H2,1-3H3,(H,31,33). The Labute approximate surface area is 242 Å².